The standard InChI is InChI=1S/C8H14O3S/c9-7(10)2-4-8(11)3-1-5-12-6-8/h11H,1-6H2,(H,9,10). The van der Waals surface area contributed by atoms with Gasteiger partial charge >= 0.3 is 5.97 Å². The molecule has 0 aliphatic carbocycles. The average Bonchev–Trinajstić information content (AvgIpc) is 2.03. The number of hydrogen-bond donors (Lipinski definition) is 2. The van der Waals surface area contributed by atoms with Gasteiger partial charge in [0.25, 0.3) is 0 Å². The van der Waals surface area contributed by atoms with Crippen LogP contribution in [0.1, 0.15) is 25.7 Å². The molecule has 1 rings (SSSR count). The fraction of sp³-hybridized carbons (Fsp3) is 0.875. The third-order valence-electron chi connectivity index (χ3n) is 2.11. The Bertz CT molecular complexity index is 164. The van der Waals surface area contributed by atoms with Crippen LogP contribution in [0, 0.1) is 0 Å². The highest BCUT2D eigenvalue weighted by atomic mass is 32.2. The van der Waals surface area contributed by atoms with E-state index in [0.29, 0.717) is 12.2 Å². The Hall–Kier alpha value is -0.220. The first kappa shape index (κ1) is 9.86. The molecule has 1 aliphatic heterocycles. The lowest BCUT2D eigenvalue weighted by Gasteiger charge is -2.31. The number of rotatable bonds is 3. The van der Waals surface area contributed by atoms with Gasteiger partial charge < -0.3 is 10.2 Å². The van der Waals surface area contributed by atoms with Crippen LogP contribution in [0.2, 0.25) is 0 Å². The quantitative estimate of drug-likeness (QED) is 0.700. The minimum absolute atomic E-state index is 0.0804. The van der Waals surface area contributed by atoms with Crippen molar-refractivity contribution >= 4 is 17.7 Å². The second kappa shape index (κ2) is 4.14. The number of aliphatic carboxylic acids is 1. The molecule has 3 nitrogen and oxygen atoms in total. The van der Waals surface area contributed by atoms with Crippen LogP contribution in [0.4, 0.5) is 0 Å². The summed E-state index contributed by atoms with van der Waals surface area (Å²) >= 11 is 1.71. The molecule has 1 heterocycles. The first-order valence-corrected chi connectivity index (χ1v) is 5.30. The minimum atomic E-state index is -0.820. The number of thioether (sulfide) groups is 1. The van der Waals surface area contributed by atoms with E-state index in [1.54, 1.807) is 11.8 Å². The van der Waals surface area contributed by atoms with E-state index in [4.69, 9.17) is 5.11 Å². The Morgan fingerprint density at radius 3 is 2.83 bits per heavy atom. The lowest BCUT2D eigenvalue weighted by Crippen LogP contribution is -2.35. The fourth-order valence-electron chi connectivity index (χ4n) is 1.37. The van der Waals surface area contributed by atoms with Gasteiger partial charge in [-0.05, 0) is 25.0 Å². The van der Waals surface area contributed by atoms with Crippen molar-refractivity contribution in [3.8, 4) is 0 Å². The highest BCUT2D eigenvalue weighted by molar-refractivity contribution is 7.99. The molecule has 1 atom stereocenters. The van der Waals surface area contributed by atoms with Gasteiger partial charge in [0.2, 0.25) is 0 Å². The van der Waals surface area contributed by atoms with Gasteiger partial charge in [-0.25, -0.2) is 0 Å². The number of carboxylic acid groups (broad SMARTS) is 1. The van der Waals surface area contributed by atoms with Crippen molar-refractivity contribution in [2.75, 3.05) is 11.5 Å². The molecule has 1 unspecified atom stereocenters. The van der Waals surface area contributed by atoms with Crippen LogP contribution in [-0.4, -0.2) is 33.3 Å². The average molecular weight is 190 g/mol. The third-order valence-corrected chi connectivity index (χ3v) is 3.42. The SMILES string of the molecule is O=C(O)CCC1(O)CCCSC1. The molecule has 0 amide bonds. The second-order valence-electron chi connectivity index (χ2n) is 3.27. The summed E-state index contributed by atoms with van der Waals surface area (Å²) in [5.74, 6) is 0.967. The molecule has 12 heavy (non-hydrogen) atoms. The molecule has 0 aromatic rings. The first-order chi connectivity index (χ1) is 5.62. The number of carbonyl (C=O) groups is 1. The molecule has 0 radical (unpaired) electrons. The van der Waals surface area contributed by atoms with Crippen molar-refractivity contribution < 1.29 is 15.0 Å². The highest BCUT2D eigenvalue weighted by Gasteiger charge is 2.29. The van der Waals surface area contributed by atoms with Crippen LogP contribution < -0.4 is 0 Å². The minimum Gasteiger partial charge on any atom is -0.481 e. The molecular weight excluding hydrogens is 176 g/mol. The predicted octanol–water partition coefficient (Wildman–Crippen LogP) is 1.11. The number of carboxylic acids is 1. The Labute approximate surface area is 76.2 Å². The van der Waals surface area contributed by atoms with Crippen LogP contribution in [-0.2, 0) is 4.79 Å². The maximum Gasteiger partial charge on any atom is 0.303 e. The molecule has 0 aromatic heterocycles. The number of aliphatic hydroxyl groups is 1. The van der Waals surface area contributed by atoms with E-state index in [1.165, 1.54) is 0 Å². The zero-order chi connectivity index (χ0) is 9.03. The Morgan fingerprint density at radius 2 is 2.33 bits per heavy atom. The molecule has 0 saturated carbocycles. The lowest BCUT2D eigenvalue weighted by atomic mass is 9.94. The van der Waals surface area contributed by atoms with Crippen molar-refractivity contribution in [3.63, 3.8) is 0 Å². The summed E-state index contributed by atoms with van der Waals surface area (Å²) in [5.41, 5.74) is -0.707. The molecule has 1 fully saturated rings. The molecule has 2 N–H and O–H groups in total. The van der Waals surface area contributed by atoms with E-state index in [1.807, 2.05) is 0 Å². The Kier molecular flexibility index (Phi) is 3.40. The van der Waals surface area contributed by atoms with Gasteiger partial charge in [0.05, 0.1) is 5.60 Å². The molecule has 1 aliphatic rings. The van der Waals surface area contributed by atoms with E-state index in [9.17, 15) is 9.90 Å². The summed E-state index contributed by atoms with van der Waals surface area (Å²) in [7, 11) is 0. The van der Waals surface area contributed by atoms with Crippen molar-refractivity contribution in [1.82, 2.24) is 0 Å². The third kappa shape index (κ3) is 3.03. The van der Waals surface area contributed by atoms with Crippen LogP contribution in [0.5, 0.6) is 0 Å². The van der Waals surface area contributed by atoms with E-state index < -0.39 is 11.6 Å². The molecule has 0 bridgehead atoms. The predicted molar refractivity (Wildman–Crippen MR) is 48.4 cm³/mol. The van der Waals surface area contributed by atoms with Crippen molar-refractivity contribution in [1.29, 1.82) is 0 Å². The van der Waals surface area contributed by atoms with Crippen LogP contribution in [0.25, 0.3) is 0 Å². The van der Waals surface area contributed by atoms with Crippen LogP contribution in [0.15, 0.2) is 0 Å². The molecule has 1 saturated heterocycles. The van der Waals surface area contributed by atoms with Gasteiger partial charge in [0.15, 0.2) is 0 Å². The highest BCUT2D eigenvalue weighted by Crippen LogP contribution is 2.30. The van der Waals surface area contributed by atoms with Crippen molar-refractivity contribution in [2.45, 2.75) is 31.3 Å². The van der Waals surface area contributed by atoms with Gasteiger partial charge in [0.1, 0.15) is 0 Å². The summed E-state index contributed by atoms with van der Waals surface area (Å²) in [6.07, 6.45) is 2.24. The van der Waals surface area contributed by atoms with E-state index >= 15 is 0 Å². The maximum atomic E-state index is 10.3. The van der Waals surface area contributed by atoms with Gasteiger partial charge in [0, 0.05) is 12.2 Å². The Morgan fingerprint density at radius 1 is 1.58 bits per heavy atom. The van der Waals surface area contributed by atoms with Gasteiger partial charge in [-0.15, -0.1) is 0 Å². The van der Waals surface area contributed by atoms with Crippen LogP contribution >= 0.6 is 11.8 Å². The maximum absolute atomic E-state index is 10.3. The van der Waals surface area contributed by atoms with Crippen molar-refractivity contribution in [2.24, 2.45) is 0 Å². The van der Waals surface area contributed by atoms with Gasteiger partial charge in [-0.2, -0.15) is 11.8 Å². The summed E-state index contributed by atoms with van der Waals surface area (Å²) in [5, 5.41) is 18.3. The van der Waals surface area contributed by atoms with Gasteiger partial charge in [-0.3, -0.25) is 4.79 Å². The topological polar surface area (TPSA) is 57.5 Å². The van der Waals surface area contributed by atoms with E-state index in [-0.39, 0.29) is 6.42 Å². The van der Waals surface area contributed by atoms with E-state index in [2.05, 4.69) is 0 Å². The summed E-state index contributed by atoms with van der Waals surface area (Å²) < 4.78 is 0. The smallest absolute Gasteiger partial charge is 0.303 e. The monoisotopic (exact) mass is 190 g/mol. The molecule has 70 valence electrons. The zero-order valence-electron chi connectivity index (χ0n) is 6.95. The summed E-state index contributed by atoms with van der Waals surface area (Å²) in [4.78, 5) is 10.3. The summed E-state index contributed by atoms with van der Waals surface area (Å²) in [6.45, 7) is 0. The normalized spacial score (nSPS) is 30.1. The summed E-state index contributed by atoms with van der Waals surface area (Å²) in [6, 6.07) is 0. The molecule has 4 heteroatoms. The second-order valence-corrected chi connectivity index (χ2v) is 4.38. The number of hydrogen-bond acceptors (Lipinski definition) is 3. The zero-order valence-corrected chi connectivity index (χ0v) is 7.77. The lowest BCUT2D eigenvalue weighted by molar-refractivity contribution is -0.138. The van der Waals surface area contributed by atoms with Gasteiger partial charge in [-0.1, -0.05) is 0 Å². The van der Waals surface area contributed by atoms with E-state index in [0.717, 1.165) is 18.6 Å². The first-order valence-electron chi connectivity index (χ1n) is 4.14. The van der Waals surface area contributed by atoms with Crippen LogP contribution in [0.3, 0.4) is 0 Å². The Balaban J connectivity index is 2.31. The molecule has 0 spiro atoms. The fourth-order valence-corrected chi connectivity index (χ4v) is 2.54. The molecular formula is C8H14O3S. The largest absolute Gasteiger partial charge is 0.481 e. The molecule has 0 aromatic carbocycles. The van der Waals surface area contributed by atoms with Crippen molar-refractivity contribution in [3.05, 3.63) is 0 Å².